The van der Waals surface area contributed by atoms with Gasteiger partial charge in [-0.15, -0.1) is 11.3 Å². The molecule has 2 aromatic heterocycles. The number of likely N-dealkylation sites (tertiary alicyclic amines) is 1. The van der Waals surface area contributed by atoms with Crippen molar-refractivity contribution in [3.05, 3.63) is 51.5 Å². The largest absolute Gasteiger partial charge is 0.375 e. The van der Waals surface area contributed by atoms with Gasteiger partial charge in [0, 0.05) is 54.0 Å². The number of piperidine rings is 1. The number of carbonyl (C=O) groups excluding carboxylic acids is 2. The van der Waals surface area contributed by atoms with Crippen molar-refractivity contribution in [1.82, 2.24) is 15.2 Å². The first-order chi connectivity index (χ1) is 16.0. The van der Waals surface area contributed by atoms with Crippen molar-refractivity contribution in [2.75, 3.05) is 19.7 Å². The van der Waals surface area contributed by atoms with Crippen molar-refractivity contribution in [2.45, 2.75) is 45.3 Å². The van der Waals surface area contributed by atoms with Crippen molar-refractivity contribution < 1.29 is 14.3 Å². The van der Waals surface area contributed by atoms with Crippen molar-refractivity contribution >= 4 is 45.0 Å². The van der Waals surface area contributed by atoms with E-state index in [1.807, 2.05) is 30.5 Å². The SMILES string of the molecule is Cc1cc(Cl)cc(-c2ccnc3cc(CN4C(=O)CCCC4=O)sc23)c1C[C@H]1CNCCO1. The molecule has 0 bridgehead atoms. The normalized spacial score (nSPS) is 19.5. The number of aryl methyl sites for hydroxylation is 1. The van der Waals surface area contributed by atoms with Gasteiger partial charge < -0.3 is 10.1 Å². The summed E-state index contributed by atoms with van der Waals surface area (Å²) in [6.07, 6.45) is 4.23. The summed E-state index contributed by atoms with van der Waals surface area (Å²) in [4.78, 5) is 31.5. The number of halogens is 1. The van der Waals surface area contributed by atoms with Gasteiger partial charge in [-0.25, -0.2) is 0 Å². The quantitative estimate of drug-likeness (QED) is 0.541. The van der Waals surface area contributed by atoms with Gasteiger partial charge in [0.15, 0.2) is 0 Å². The second-order valence-corrected chi connectivity index (χ2v) is 10.2. The lowest BCUT2D eigenvalue weighted by atomic mass is 9.92. The van der Waals surface area contributed by atoms with Gasteiger partial charge in [0.25, 0.3) is 0 Å². The summed E-state index contributed by atoms with van der Waals surface area (Å²) < 4.78 is 7.02. The molecule has 3 aromatic rings. The third-order valence-electron chi connectivity index (χ3n) is 6.32. The van der Waals surface area contributed by atoms with Crippen LogP contribution in [0.5, 0.6) is 0 Å². The number of nitrogens with zero attached hydrogens (tertiary/aromatic N) is 2. The first-order valence-corrected chi connectivity index (χ1v) is 12.5. The second kappa shape index (κ2) is 9.50. The van der Waals surface area contributed by atoms with Crippen LogP contribution in [0, 0.1) is 6.92 Å². The summed E-state index contributed by atoms with van der Waals surface area (Å²) in [5, 5.41) is 4.10. The Balaban J connectivity index is 1.53. The average molecular weight is 484 g/mol. The molecule has 0 spiro atoms. The molecular formula is C25H26ClN3O3S. The minimum Gasteiger partial charge on any atom is -0.375 e. The highest BCUT2D eigenvalue weighted by Crippen LogP contribution is 2.39. The van der Waals surface area contributed by atoms with Gasteiger partial charge in [-0.1, -0.05) is 11.6 Å². The van der Waals surface area contributed by atoms with Gasteiger partial charge in [-0.05, 0) is 54.3 Å². The molecule has 6 nitrogen and oxygen atoms in total. The molecule has 1 atom stereocenters. The molecule has 2 aliphatic heterocycles. The number of ether oxygens (including phenoxy) is 1. The van der Waals surface area contributed by atoms with Gasteiger partial charge in [-0.3, -0.25) is 19.5 Å². The molecule has 172 valence electrons. The number of hydrogen-bond acceptors (Lipinski definition) is 6. The van der Waals surface area contributed by atoms with E-state index in [2.05, 4.69) is 17.2 Å². The molecule has 4 heterocycles. The molecule has 0 radical (unpaired) electrons. The topological polar surface area (TPSA) is 71.5 Å². The maximum Gasteiger partial charge on any atom is 0.229 e. The molecule has 1 aromatic carbocycles. The fourth-order valence-electron chi connectivity index (χ4n) is 4.67. The minimum atomic E-state index is -0.0919. The number of aromatic nitrogens is 1. The predicted octanol–water partition coefficient (Wildman–Crippen LogP) is 4.50. The fourth-order valence-corrected chi connectivity index (χ4v) is 6.08. The van der Waals surface area contributed by atoms with Crippen molar-refractivity contribution in [3.63, 3.8) is 0 Å². The van der Waals surface area contributed by atoms with Crippen LogP contribution in [0.1, 0.15) is 35.3 Å². The first kappa shape index (κ1) is 22.5. The zero-order chi connectivity index (χ0) is 22.9. The minimum absolute atomic E-state index is 0.0919. The zero-order valence-corrected chi connectivity index (χ0v) is 20.1. The molecule has 2 fully saturated rings. The number of hydrogen-bond donors (Lipinski definition) is 1. The molecule has 0 saturated carbocycles. The second-order valence-electron chi connectivity index (χ2n) is 8.66. The highest BCUT2D eigenvalue weighted by atomic mass is 35.5. The van der Waals surface area contributed by atoms with Crippen molar-refractivity contribution in [3.8, 4) is 11.1 Å². The van der Waals surface area contributed by atoms with Crippen LogP contribution in [-0.4, -0.2) is 47.5 Å². The lowest BCUT2D eigenvalue weighted by Gasteiger charge is -2.25. The number of pyridine rings is 1. The summed E-state index contributed by atoms with van der Waals surface area (Å²) in [7, 11) is 0. The number of nitrogens with one attached hydrogen (secondary N) is 1. The van der Waals surface area contributed by atoms with E-state index in [0.29, 0.717) is 37.4 Å². The van der Waals surface area contributed by atoms with Crippen LogP contribution < -0.4 is 5.32 Å². The van der Waals surface area contributed by atoms with E-state index in [0.717, 1.165) is 51.3 Å². The van der Waals surface area contributed by atoms with Gasteiger partial charge in [0.05, 0.1) is 29.5 Å². The number of imide groups is 1. The van der Waals surface area contributed by atoms with Crippen LogP contribution >= 0.6 is 22.9 Å². The monoisotopic (exact) mass is 483 g/mol. The van der Waals surface area contributed by atoms with Crippen LogP contribution in [0.4, 0.5) is 0 Å². The Morgan fingerprint density at radius 3 is 2.79 bits per heavy atom. The number of thiophene rings is 1. The molecule has 1 N–H and O–H groups in total. The highest BCUT2D eigenvalue weighted by molar-refractivity contribution is 7.19. The number of carbonyl (C=O) groups is 2. The number of rotatable bonds is 5. The number of morpholine rings is 1. The predicted molar refractivity (Wildman–Crippen MR) is 131 cm³/mol. The van der Waals surface area contributed by atoms with Crippen LogP contribution in [0.2, 0.25) is 5.02 Å². The Hall–Kier alpha value is -2.32. The molecule has 33 heavy (non-hydrogen) atoms. The van der Waals surface area contributed by atoms with Crippen molar-refractivity contribution in [1.29, 1.82) is 0 Å². The molecule has 2 aliphatic rings. The Bertz CT molecular complexity index is 1200. The Kier molecular flexibility index (Phi) is 6.47. The molecule has 5 rings (SSSR count). The Morgan fingerprint density at radius 1 is 1.21 bits per heavy atom. The van der Waals surface area contributed by atoms with E-state index in [-0.39, 0.29) is 17.9 Å². The summed E-state index contributed by atoms with van der Waals surface area (Å²) in [5.74, 6) is -0.184. The molecule has 0 aliphatic carbocycles. The Labute approximate surface area is 201 Å². The summed E-state index contributed by atoms with van der Waals surface area (Å²) in [5.41, 5.74) is 5.37. The standard InChI is InChI=1S/C25H26ClN3O3S/c1-15-9-16(26)10-21(20(15)11-17-13-27-7-8-32-17)19-5-6-28-22-12-18(33-25(19)22)14-29-23(30)3-2-4-24(29)31/h5-6,9-10,12,17,27H,2-4,7-8,11,13-14H2,1H3/t17-/m0/s1. The lowest BCUT2D eigenvalue weighted by molar-refractivity contribution is -0.148. The van der Waals surface area contributed by atoms with E-state index < -0.39 is 0 Å². The van der Waals surface area contributed by atoms with E-state index in [1.165, 1.54) is 10.5 Å². The van der Waals surface area contributed by atoms with Gasteiger partial charge in [0.2, 0.25) is 11.8 Å². The van der Waals surface area contributed by atoms with Crippen LogP contribution in [0.3, 0.4) is 0 Å². The summed E-state index contributed by atoms with van der Waals surface area (Å²) >= 11 is 8.08. The average Bonchev–Trinajstić information content (AvgIpc) is 3.22. The van der Waals surface area contributed by atoms with E-state index in [1.54, 1.807) is 11.3 Å². The maximum atomic E-state index is 12.3. The van der Waals surface area contributed by atoms with Gasteiger partial charge >= 0.3 is 0 Å². The van der Waals surface area contributed by atoms with Crippen molar-refractivity contribution in [2.24, 2.45) is 0 Å². The fraction of sp³-hybridized carbons (Fsp3) is 0.400. The van der Waals surface area contributed by atoms with Crippen LogP contribution in [-0.2, 0) is 27.3 Å². The van der Waals surface area contributed by atoms with Gasteiger partial charge in [0.1, 0.15) is 0 Å². The summed E-state index contributed by atoms with van der Waals surface area (Å²) in [6.45, 7) is 4.82. The zero-order valence-electron chi connectivity index (χ0n) is 18.5. The smallest absolute Gasteiger partial charge is 0.229 e. The first-order valence-electron chi connectivity index (χ1n) is 11.3. The number of fused-ring (bicyclic) bond motifs is 1. The third-order valence-corrected chi connectivity index (χ3v) is 7.68. The molecule has 8 heteroatoms. The number of benzene rings is 1. The Morgan fingerprint density at radius 2 is 2.03 bits per heavy atom. The maximum absolute atomic E-state index is 12.3. The van der Waals surface area contributed by atoms with Crippen LogP contribution in [0.25, 0.3) is 21.3 Å². The molecule has 0 unspecified atom stereocenters. The number of amides is 2. The van der Waals surface area contributed by atoms with Gasteiger partial charge in [-0.2, -0.15) is 0 Å². The lowest BCUT2D eigenvalue weighted by Crippen LogP contribution is -2.39. The van der Waals surface area contributed by atoms with Crippen LogP contribution in [0.15, 0.2) is 30.5 Å². The summed E-state index contributed by atoms with van der Waals surface area (Å²) in [6, 6.07) is 8.03. The van der Waals surface area contributed by atoms with E-state index >= 15 is 0 Å². The molecule has 2 saturated heterocycles. The van der Waals surface area contributed by atoms with E-state index in [4.69, 9.17) is 16.3 Å². The molecule has 2 amide bonds. The van der Waals surface area contributed by atoms with E-state index in [9.17, 15) is 9.59 Å². The highest BCUT2D eigenvalue weighted by Gasteiger charge is 2.27. The molecular weight excluding hydrogens is 458 g/mol. The third kappa shape index (κ3) is 4.68.